The number of carbonyl (C=O) groups is 1. The van der Waals surface area contributed by atoms with Gasteiger partial charge >= 0.3 is 5.97 Å². The van der Waals surface area contributed by atoms with E-state index in [1.165, 1.54) is 13.2 Å². The zero-order chi connectivity index (χ0) is 11.1. The smallest absolute Gasteiger partial charge is 0.330 e. The number of rotatable bonds is 1. The van der Waals surface area contributed by atoms with E-state index in [0.717, 1.165) is 6.42 Å². The van der Waals surface area contributed by atoms with Crippen molar-refractivity contribution in [2.24, 2.45) is 11.8 Å². The van der Waals surface area contributed by atoms with Crippen molar-refractivity contribution in [3.63, 3.8) is 0 Å². The van der Waals surface area contributed by atoms with Crippen LogP contribution in [-0.4, -0.2) is 35.2 Å². The highest BCUT2D eigenvalue weighted by atomic mass is 16.8. The molecular weight excluding hydrogens is 212 g/mol. The minimum absolute atomic E-state index is 0.00426. The van der Waals surface area contributed by atoms with Crippen molar-refractivity contribution < 1.29 is 24.1 Å². The van der Waals surface area contributed by atoms with Gasteiger partial charge in [0.25, 0.3) is 0 Å². The Morgan fingerprint density at radius 3 is 3.19 bits per heavy atom. The van der Waals surface area contributed by atoms with E-state index in [0.29, 0.717) is 12.2 Å². The number of epoxide rings is 1. The van der Waals surface area contributed by atoms with Crippen LogP contribution in [0.15, 0.2) is 11.8 Å². The summed E-state index contributed by atoms with van der Waals surface area (Å²) >= 11 is 0. The summed E-state index contributed by atoms with van der Waals surface area (Å²) in [6, 6.07) is 0. The maximum atomic E-state index is 11.5. The van der Waals surface area contributed by atoms with Gasteiger partial charge in [-0.2, -0.15) is 0 Å². The van der Waals surface area contributed by atoms with Gasteiger partial charge in [0.1, 0.15) is 5.60 Å². The molecule has 3 fully saturated rings. The van der Waals surface area contributed by atoms with E-state index in [1.807, 2.05) is 0 Å². The normalized spacial score (nSPS) is 56.1. The summed E-state index contributed by atoms with van der Waals surface area (Å²) in [7, 11) is 0. The maximum absolute atomic E-state index is 11.5. The van der Waals surface area contributed by atoms with Gasteiger partial charge in [-0.15, -0.1) is 0 Å². The Hall–Kier alpha value is -0.910. The Bertz CT molecular complexity index is 430. The molecule has 4 aliphatic rings. The zero-order valence-electron chi connectivity index (χ0n) is 8.80. The maximum Gasteiger partial charge on any atom is 0.330 e. The van der Waals surface area contributed by atoms with Gasteiger partial charge in [-0.3, -0.25) is 4.79 Å². The molecule has 5 atom stereocenters. The molecule has 16 heavy (non-hydrogen) atoms. The molecule has 5 nitrogen and oxygen atoms in total. The lowest BCUT2D eigenvalue weighted by atomic mass is 9.81. The molecule has 0 aromatic carbocycles. The number of Topliss-reactive ketones (excluding diaryl/α,β-unsaturated/α-hetero) is 1. The highest BCUT2D eigenvalue weighted by Gasteiger charge is 2.80. The second-order valence-corrected chi connectivity index (χ2v) is 5.05. The largest absolute Gasteiger partial charge is 0.446 e. The third kappa shape index (κ3) is 0.794. The number of allylic oxidation sites excluding steroid dienone is 1. The van der Waals surface area contributed by atoms with Gasteiger partial charge in [0.05, 0.1) is 24.9 Å². The average molecular weight is 224 g/mol. The molecule has 4 rings (SSSR count). The summed E-state index contributed by atoms with van der Waals surface area (Å²) < 4.78 is 16.1. The van der Waals surface area contributed by atoms with Crippen molar-refractivity contribution in [2.75, 3.05) is 6.61 Å². The molecule has 1 aliphatic carbocycles. The van der Waals surface area contributed by atoms with Crippen LogP contribution in [0.5, 0.6) is 0 Å². The van der Waals surface area contributed by atoms with Gasteiger partial charge in [0.2, 0.25) is 0 Å². The number of ether oxygens (including phenoxy) is 3. The molecule has 1 saturated carbocycles. The lowest BCUT2D eigenvalue weighted by molar-refractivity contribution is -0.347. The van der Waals surface area contributed by atoms with Crippen molar-refractivity contribution in [1.82, 2.24) is 0 Å². The molecule has 0 aromatic heterocycles. The van der Waals surface area contributed by atoms with E-state index in [9.17, 15) is 9.90 Å². The fourth-order valence-electron chi connectivity index (χ4n) is 3.54. The minimum atomic E-state index is -1.59. The van der Waals surface area contributed by atoms with Crippen LogP contribution in [-0.2, 0) is 19.0 Å². The molecule has 86 valence electrons. The third-order valence-corrected chi connectivity index (χ3v) is 4.30. The van der Waals surface area contributed by atoms with Crippen molar-refractivity contribution >= 4 is 5.78 Å². The number of carbonyl (C=O) groups excluding carboxylic acids is 1. The molecule has 0 bridgehead atoms. The molecule has 3 heterocycles. The van der Waals surface area contributed by atoms with Crippen LogP contribution < -0.4 is 0 Å². The van der Waals surface area contributed by atoms with E-state index >= 15 is 0 Å². The first kappa shape index (κ1) is 9.15. The quantitative estimate of drug-likeness (QED) is 0.632. The summed E-state index contributed by atoms with van der Waals surface area (Å²) in [4.78, 5) is 11.5. The topological polar surface area (TPSA) is 68.3 Å². The molecule has 0 amide bonds. The first-order valence-electron chi connectivity index (χ1n) is 5.50. The van der Waals surface area contributed by atoms with Gasteiger partial charge < -0.3 is 19.3 Å². The Kier molecular flexibility index (Phi) is 1.34. The summed E-state index contributed by atoms with van der Waals surface area (Å²) in [5.74, 6) is -1.84. The van der Waals surface area contributed by atoms with Crippen molar-refractivity contribution in [3.8, 4) is 0 Å². The Balaban J connectivity index is 1.83. The number of hydrogen-bond acceptors (Lipinski definition) is 5. The monoisotopic (exact) mass is 224 g/mol. The molecule has 0 unspecified atom stereocenters. The molecule has 1 spiro atoms. The van der Waals surface area contributed by atoms with Crippen molar-refractivity contribution in [2.45, 2.75) is 31.0 Å². The lowest BCUT2D eigenvalue weighted by Gasteiger charge is -2.36. The van der Waals surface area contributed by atoms with Crippen LogP contribution >= 0.6 is 0 Å². The molecule has 0 aromatic rings. The van der Waals surface area contributed by atoms with Crippen molar-refractivity contribution in [3.05, 3.63) is 11.8 Å². The van der Waals surface area contributed by atoms with E-state index in [-0.39, 0.29) is 23.7 Å². The average Bonchev–Trinajstić information content (AvgIpc) is 2.66. The fraction of sp³-hybridized carbons (Fsp3) is 0.727. The van der Waals surface area contributed by atoms with E-state index in [1.54, 1.807) is 0 Å². The Morgan fingerprint density at radius 1 is 1.62 bits per heavy atom. The second-order valence-electron chi connectivity index (χ2n) is 5.05. The van der Waals surface area contributed by atoms with Gasteiger partial charge in [0.15, 0.2) is 5.78 Å². The van der Waals surface area contributed by atoms with Crippen LogP contribution in [0.25, 0.3) is 0 Å². The van der Waals surface area contributed by atoms with Gasteiger partial charge in [0, 0.05) is 11.5 Å². The number of hydrogen-bond donors (Lipinski definition) is 1. The third-order valence-electron chi connectivity index (χ3n) is 4.30. The highest BCUT2D eigenvalue weighted by molar-refractivity contribution is 5.94. The number of aliphatic hydroxyl groups is 1. The molecule has 5 heteroatoms. The zero-order valence-corrected chi connectivity index (χ0v) is 8.80. The number of ketones is 1. The standard InChI is InChI=1S/C11H12O5/c1-5(12)7-3-14-11(13)9-6(7)2-8-10(9,16-8)4-15-11/h3,6,8-9,13H,2,4H2,1H3/t6-,8+,9+,10+,11+/m1/s1. The van der Waals surface area contributed by atoms with Gasteiger partial charge in [-0.05, 0) is 13.3 Å². The fourth-order valence-corrected chi connectivity index (χ4v) is 3.54. The Labute approximate surface area is 92.0 Å². The van der Waals surface area contributed by atoms with E-state index in [4.69, 9.17) is 14.2 Å². The second kappa shape index (κ2) is 2.34. The SMILES string of the molecule is CC(=O)C1=CO[C@]2(O)OC[C@]34O[C@H]3C[C@H]1[C@H]24. The van der Waals surface area contributed by atoms with E-state index in [2.05, 4.69) is 0 Å². The van der Waals surface area contributed by atoms with Crippen LogP contribution in [0.3, 0.4) is 0 Å². The summed E-state index contributed by atoms with van der Waals surface area (Å²) in [5.41, 5.74) is 0.254. The summed E-state index contributed by atoms with van der Waals surface area (Å²) in [5, 5.41) is 10.2. The molecule has 0 radical (unpaired) electrons. The predicted octanol–water partition coefficient (Wildman–Crippen LogP) is -0.0605. The molecule has 3 aliphatic heterocycles. The Morgan fingerprint density at radius 2 is 2.44 bits per heavy atom. The summed E-state index contributed by atoms with van der Waals surface area (Å²) in [6.45, 7) is 1.88. The lowest BCUT2D eigenvalue weighted by Crippen LogP contribution is -2.46. The van der Waals surface area contributed by atoms with Gasteiger partial charge in [-0.1, -0.05) is 0 Å². The van der Waals surface area contributed by atoms with Gasteiger partial charge in [-0.25, -0.2) is 0 Å². The van der Waals surface area contributed by atoms with Crippen LogP contribution in [0.1, 0.15) is 13.3 Å². The minimum Gasteiger partial charge on any atom is -0.446 e. The summed E-state index contributed by atoms with van der Waals surface area (Å²) in [6.07, 6.45) is 2.25. The predicted molar refractivity (Wildman–Crippen MR) is 50.0 cm³/mol. The first-order chi connectivity index (χ1) is 7.57. The van der Waals surface area contributed by atoms with Crippen LogP contribution in [0.4, 0.5) is 0 Å². The van der Waals surface area contributed by atoms with Crippen LogP contribution in [0, 0.1) is 11.8 Å². The van der Waals surface area contributed by atoms with Crippen molar-refractivity contribution in [1.29, 1.82) is 0 Å². The first-order valence-corrected chi connectivity index (χ1v) is 5.50. The highest BCUT2D eigenvalue weighted by Crippen LogP contribution is 2.66. The van der Waals surface area contributed by atoms with E-state index < -0.39 is 11.6 Å². The molecule has 1 N–H and O–H groups in total. The molecular formula is C11H12O5. The molecule has 2 saturated heterocycles. The van der Waals surface area contributed by atoms with Crippen LogP contribution in [0.2, 0.25) is 0 Å².